The Labute approximate surface area is 96.2 Å². The summed E-state index contributed by atoms with van der Waals surface area (Å²) in [5.74, 6) is -0.226. The van der Waals surface area contributed by atoms with Crippen LogP contribution in [0.2, 0.25) is 0 Å². The van der Waals surface area contributed by atoms with E-state index in [0.29, 0.717) is 13.0 Å². The van der Waals surface area contributed by atoms with Crippen LogP contribution in [0.5, 0.6) is 0 Å². The third-order valence-electron chi connectivity index (χ3n) is 2.70. The van der Waals surface area contributed by atoms with Crippen LogP contribution in [-0.2, 0) is 14.3 Å². The molecule has 0 spiro atoms. The second-order valence-electron chi connectivity index (χ2n) is 4.66. The molecule has 3 heteroatoms. The van der Waals surface area contributed by atoms with Gasteiger partial charge in [0.1, 0.15) is 0 Å². The minimum Gasteiger partial charge on any atom is -0.463 e. The first-order valence-electron chi connectivity index (χ1n) is 5.47. The summed E-state index contributed by atoms with van der Waals surface area (Å²) in [6.45, 7) is 7.92. The molecule has 0 unspecified atom stereocenters. The Hall–Kier alpha value is -1.38. The van der Waals surface area contributed by atoms with Crippen LogP contribution in [0.25, 0.3) is 0 Å². The Morgan fingerprint density at radius 3 is 2.69 bits per heavy atom. The van der Waals surface area contributed by atoms with Crippen molar-refractivity contribution in [2.75, 3.05) is 6.61 Å². The van der Waals surface area contributed by atoms with Crippen molar-refractivity contribution >= 4 is 11.8 Å². The Bertz CT molecular complexity index is 373. The van der Waals surface area contributed by atoms with Gasteiger partial charge in [0.05, 0.1) is 6.61 Å². The molecule has 0 atom stereocenters. The van der Waals surface area contributed by atoms with E-state index in [0.717, 1.165) is 11.1 Å². The number of allylic oxidation sites excluding steroid dienone is 3. The van der Waals surface area contributed by atoms with Gasteiger partial charge in [-0.05, 0) is 36.5 Å². The van der Waals surface area contributed by atoms with Crippen molar-refractivity contribution < 1.29 is 14.3 Å². The zero-order chi connectivity index (χ0) is 12.3. The summed E-state index contributed by atoms with van der Waals surface area (Å²) < 4.78 is 4.89. The van der Waals surface area contributed by atoms with E-state index < -0.39 is 0 Å². The fraction of sp³-hybridized carbons (Fsp3) is 0.538. The SMILES string of the molecule is CCOC(=O)/C=C1/C(C)=CC(=O)CC1(C)C. The van der Waals surface area contributed by atoms with Gasteiger partial charge in [-0.2, -0.15) is 0 Å². The molecule has 0 aromatic carbocycles. The van der Waals surface area contributed by atoms with Crippen LogP contribution in [0.4, 0.5) is 0 Å². The number of hydrogen-bond donors (Lipinski definition) is 0. The van der Waals surface area contributed by atoms with Gasteiger partial charge in [-0.1, -0.05) is 13.8 Å². The second kappa shape index (κ2) is 4.64. The molecule has 0 fully saturated rings. The zero-order valence-electron chi connectivity index (χ0n) is 10.3. The maximum atomic E-state index is 11.4. The molecule has 3 nitrogen and oxygen atoms in total. The Morgan fingerprint density at radius 2 is 2.19 bits per heavy atom. The van der Waals surface area contributed by atoms with Crippen LogP contribution in [0, 0.1) is 5.41 Å². The first-order chi connectivity index (χ1) is 7.36. The van der Waals surface area contributed by atoms with E-state index in [1.54, 1.807) is 13.0 Å². The van der Waals surface area contributed by atoms with Crippen LogP contribution in [0.3, 0.4) is 0 Å². The molecular formula is C13H18O3. The van der Waals surface area contributed by atoms with Gasteiger partial charge >= 0.3 is 5.97 Å². The average Bonchev–Trinajstić information content (AvgIpc) is 2.10. The van der Waals surface area contributed by atoms with E-state index in [9.17, 15) is 9.59 Å². The standard InChI is InChI=1S/C13H18O3/c1-5-16-12(15)7-11-9(2)6-10(14)8-13(11,3)4/h6-7H,5,8H2,1-4H3/b11-7-. The van der Waals surface area contributed by atoms with Gasteiger partial charge in [0, 0.05) is 12.5 Å². The molecule has 1 aliphatic carbocycles. The number of ether oxygens (including phenoxy) is 1. The highest BCUT2D eigenvalue weighted by Crippen LogP contribution is 2.38. The van der Waals surface area contributed by atoms with Crippen molar-refractivity contribution in [1.82, 2.24) is 0 Å². The molecule has 0 N–H and O–H groups in total. The summed E-state index contributed by atoms with van der Waals surface area (Å²) in [6.07, 6.45) is 3.54. The fourth-order valence-corrected chi connectivity index (χ4v) is 2.05. The second-order valence-corrected chi connectivity index (χ2v) is 4.66. The van der Waals surface area contributed by atoms with Gasteiger partial charge < -0.3 is 4.74 Å². The van der Waals surface area contributed by atoms with Crippen molar-refractivity contribution in [3.63, 3.8) is 0 Å². The fourth-order valence-electron chi connectivity index (χ4n) is 2.05. The molecule has 0 aromatic rings. The largest absolute Gasteiger partial charge is 0.463 e. The van der Waals surface area contributed by atoms with E-state index in [2.05, 4.69) is 0 Å². The lowest BCUT2D eigenvalue weighted by Gasteiger charge is -2.31. The summed E-state index contributed by atoms with van der Waals surface area (Å²) in [7, 11) is 0. The highest BCUT2D eigenvalue weighted by molar-refractivity contribution is 5.95. The maximum absolute atomic E-state index is 11.4. The normalized spacial score (nSPS) is 21.9. The molecule has 0 heterocycles. The maximum Gasteiger partial charge on any atom is 0.331 e. The predicted molar refractivity (Wildman–Crippen MR) is 61.9 cm³/mol. The van der Waals surface area contributed by atoms with Crippen molar-refractivity contribution in [1.29, 1.82) is 0 Å². The van der Waals surface area contributed by atoms with E-state index in [1.807, 2.05) is 20.8 Å². The van der Waals surface area contributed by atoms with Gasteiger partial charge in [-0.15, -0.1) is 0 Å². The van der Waals surface area contributed by atoms with Gasteiger partial charge in [-0.25, -0.2) is 4.79 Å². The molecule has 1 aliphatic rings. The van der Waals surface area contributed by atoms with E-state index in [-0.39, 0.29) is 17.2 Å². The topological polar surface area (TPSA) is 43.4 Å². The van der Waals surface area contributed by atoms with Crippen molar-refractivity contribution in [2.45, 2.75) is 34.1 Å². The summed E-state index contributed by atoms with van der Waals surface area (Å²) in [5.41, 5.74) is 1.46. The molecule has 0 saturated carbocycles. The summed E-state index contributed by atoms with van der Waals surface area (Å²) >= 11 is 0. The zero-order valence-corrected chi connectivity index (χ0v) is 10.3. The Morgan fingerprint density at radius 1 is 1.56 bits per heavy atom. The monoisotopic (exact) mass is 222 g/mol. The number of ketones is 1. The highest BCUT2D eigenvalue weighted by Gasteiger charge is 2.31. The molecular weight excluding hydrogens is 204 g/mol. The number of carbonyl (C=O) groups excluding carboxylic acids is 2. The number of carbonyl (C=O) groups is 2. The minimum absolute atomic E-state index is 0.114. The van der Waals surface area contributed by atoms with E-state index in [4.69, 9.17) is 4.74 Å². The van der Waals surface area contributed by atoms with E-state index >= 15 is 0 Å². The highest BCUT2D eigenvalue weighted by atomic mass is 16.5. The van der Waals surface area contributed by atoms with Crippen LogP contribution in [0.15, 0.2) is 23.3 Å². The lowest BCUT2D eigenvalue weighted by atomic mass is 9.72. The third-order valence-corrected chi connectivity index (χ3v) is 2.70. The molecule has 0 bridgehead atoms. The smallest absolute Gasteiger partial charge is 0.331 e. The Kier molecular flexibility index (Phi) is 3.68. The summed E-state index contributed by atoms with van der Waals surface area (Å²) in [6, 6.07) is 0. The number of hydrogen-bond acceptors (Lipinski definition) is 3. The van der Waals surface area contributed by atoms with E-state index in [1.165, 1.54) is 6.08 Å². The van der Waals surface area contributed by atoms with Gasteiger partial charge in [0.15, 0.2) is 5.78 Å². The first-order valence-corrected chi connectivity index (χ1v) is 5.47. The average molecular weight is 222 g/mol. The van der Waals surface area contributed by atoms with Crippen molar-refractivity contribution in [2.24, 2.45) is 5.41 Å². The first kappa shape index (κ1) is 12.7. The summed E-state index contributed by atoms with van der Waals surface area (Å²) in [4.78, 5) is 22.8. The lowest BCUT2D eigenvalue weighted by Crippen LogP contribution is -2.25. The number of rotatable bonds is 2. The molecule has 16 heavy (non-hydrogen) atoms. The van der Waals surface area contributed by atoms with Crippen LogP contribution < -0.4 is 0 Å². The third kappa shape index (κ3) is 2.81. The Balaban J connectivity index is 3.05. The van der Waals surface area contributed by atoms with Crippen LogP contribution >= 0.6 is 0 Å². The summed E-state index contributed by atoms with van der Waals surface area (Å²) in [5, 5.41) is 0. The molecule has 0 saturated heterocycles. The van der Waals surface area contributed by atoms with Crippen LogP contribution in [0.1, 0.15) is 34.1 Å². The van der Waals surface area contributed by atoms with Gasteiger partial charge in [-0.3, -0.25) is 4.79 Å². The quantitative estimate of drug-likeness (QED) is 0.532. The number of esters is 1. The van der Waals surface area contributed by atoms with Gasteiger partial charge in [0.2, 0.25) is 0 Å². The predicted octanol–water partition coefficient (Wildman–Crippen LogP) is 2.42. The van der Waals surface area contributed by atoms with Gasteiger partial charge in [0.25, 0.3) is 0 Å². The molecule has 1 rings (SSSR count). The molecule has 0 aliphatic heterocycles. The lowest BCUT2D eigenvalue weighted by molar-refractivity contribution is -0.137. The minimum atomic E-state index is -0.340. The van der Waals surface area contributed by atoms with Crippen molar-refractivity contribution in [3.05, 3.63) is 23.3 Å². The molecule has 88 valence electrons. The molecule has 0 aromatic heterocycles. The van der Waals surface area contributed by atoms with Crippen molar-refractivity contribution in [3.8, 4) is 0 Å². The molecule has 0 amide bonds. The molecule has 0 radical (unpaired) electrons. The van der Waals surface area contributed by atoms with Crippen LogP contribution in [-0.4, -0.2) is 18.4 Å².